The molecule has 2 rings (SSSR count). The summed E-state index contributed by atoms with van der Waals surface area (Å²) in [6, 6.07) is 11.2. The predicted octanol–water partition coefficient (Wildman–Crippen LogP) is 5.38. The molecule has 0 spiro atoms. The van der Waals surface area contributed by atoms with E-state index in [0.29, 0.717) is 22.9 Å². The number of halogens is 3. The monoisotopic (exact) mass is 492 g/mol. The minimum absolute atomic E-state index is 0.311. The second kappa shape index (κ2) is 7.99. The molecule has 0 saturated heterocycles. The largest absolute Gasteiger partial charge is 0.487 e. The Morgan fingerprint density at radius 1 is 1.36 bits per heavy atom. The molecule has 0 unspecified atom stereocenters. The van der Waals surface area contributed by atoms with Gasteiger partial charge >= 0.3 is 5.97 Å². The number of carbonyl (C=O) groups is 1. The van der Waals surface area contributed by atoms with Crippen molar-refractivity contribution in [1.82, 2.24) is 0 Å². The summed E-state index contributed by atoms with van der Waals surface area (Å²) in [5.41, 5.74) is 1.56. The van der Waals surface area contributed by atoms with E-state index < -0.39 is 5.97 Å². The molecule has 0 radical (unpaired) electrons. The van der Waals surface area contributed by atoms with Crippen molar-refractivity contribution in [1.29, 1.82) is 0 Å². The van der Waals surface area contributed by atoms with Crippen LogP contribution >= 0.6 is 50.1 Å². The fourth-order valence-corrected chi connectivity index (χ4v) is 3.68. The van der Waals surface area contributed by atoms with E-state index >= 15 is 0 Å². The summed E-state index contributed by atoms with van der Waals surface area (Å²) in [7, 11) is 0. The van der Waals surface area contributed by atoms with Crippen LogP contribution in [0.25, 0.3) is 6.08 Å². The van der Waals surface area contributed by atoms with Crippen molar-refractivity contribution in [2.45, 2.75) is 6.61 Å². The number of benzene rings is 2. The molecule has 0 aliphatic carbocycles. The molecule has 0 heterocycles. The average Bonchev–Trinajstić information content (AvgIpc) is 2.45. The van der Waals surface area contributed by atoms with Crippen molar-refractivity contribution in [2.75, 3.05) is 0 Å². The Morgan fingerprint density at radius 3 is 2.77 bits per heavy atom. The zero-order chi connectivity index (χ0) is 16.1. The average molecular weight is 494 g/mol. The summed E-state index contributed by atoms with van der Waals surface area (Å²) >= 11 is 11.7. The first-order chi connectivity index (χ1) is 10.5. The first kappa shape index (κ1) is 17.3. The number of carboxylic acids is 1. The topological polar surface area (TPSA) is 46.5 Å². The lowest BCUT2D eigenvalue weighted by atomic mass is 10.2. The van der Waals surface area contributed by atoms with Crippen LogP contribution in [0.1, 0.15) is 11.1 Å². The fourth-order valence-electron chi connectivity index (χ4n) is 1.78. The minimum Gasteiger partial charge on any atom is -0.487 e. The number of carboxylic acid groups (broad SMARTS) is 1. The van der Waals surface area contributed by atoms with Gasteiger partial charge in [0.05, 0.1) is 3.57 Å². The van der Waals surface area contributed by atoms with Gasteiger partial charge in [0.15, 0.2) is 0 Å². The molecule has 0 amide bonds. The third kappa shape index (κ3) is 4.72. The van der Waals surface area contributed by atoms with Gasteiger partial charge in [-0.1, -0.05) is 45.7 Å². The predicted molar refractivity (Wildman–Crippen MR) is 99.3 cm³/mol. The third-order valence-electron chi connectivity index (χ3n) is 2.77. The Hall–Kier alpha value is -1.05. The van der Waals surface area contributed by atoms with Gasteiger partial charge in [0.1, 0.15) is 12.4 Å². The van der Waals surface area contributed by atoms with Gasteiger partial charge in [-0.3, -0.25) is 0 Å². The molecule has 0 fully saturated rings. The van der Waals surface area contributed by atoms with Crippen molar-refractivity contribution < 1.29 is 14.6 Å². The highest BCUT2D eigenvalue weighted by Gasteiger charge is 2.10. The van der Waals surface area contributed by atoms with Crippen LogP contribution in [-0.4, -0.2) is 11.1 Å². The molecule has 0 saturated carbocycles. The van der Waals surface area contributed by atoms with Crippen molar-refractivity contribution in [3.63, 3.8) is 0 Å². The van der Waals surface area contributed by atoms with Gasteiger partial charge in [-0.15, -0.1) is 0 Å². The van der Waals surface area contributed by atoms with E-state index in [1.165, 1.54) is 6.08 Å². The highest BCUT2D eigenvalue weighted by atomic mass is 127. The highest BCUT2D eigenvalue weighted by molar-refractivity contribution is 14.1. The molecule has 0 aliphatic heterocycles. The van der Waals surface area contributed by atoms with Gasteiger partial charge in [-0.05, 0) is 46.9 Å². The molecule has 0 aliphatic rings. The van der Waals surface area contributed by atoms with E-state index in [4.69, 9.17) is 21.4 Å². The van der Waals surface area contributed by atoms with Gasteiger partial charge < -0.3 is 9.84 Å². The lowest BCUT2D eigenvalue weighted by Crippen LogP contribution is -2.00. The van der Waals surface area contributed by atoms with Gasteiger partial charge in [0.25, 0.3) is 0 Å². The molecular formula is C16H11BrClIO3. The summed E-state index contributed by atoms with van der Waals surface area (Å²) in [5, 5.41) is 9.43. The molecule has 0 bridgehead atoms. The summed E-state index contributed by atoms with van der Waals surface area (Å²) in [6.45, 7) is 0.311. The van der Waals surface area contributed by atoms with Crippen LogP contribution in [0.4, 0.5) is 0 Å². The molecule has 2 aromatic carbocycles. The van der Waals surface area contributed by atoms with Crippen LogP contribution < -0.4 is 4.74 Å². The maximum atomic E-state index is 10.7. The standard InChI is InChI=1S/C16H11BrClIO3/c17-12-7-10(5-6-15(20)21)16(14(19)8-12)22-9-11-3-1-2-4-13(11)18/h1-8H,9H2,(H,20,21). The SMILES string of the molecule is O=C(O)C=Cc1cc(Br)cc(I)c1OCc1ccccc1Cl. The number of aliphatic carboxylic acids is 1. The summed E-state index contributed by atoms with van der Waals surface area (Å²) in [4.78, 5) is 10.7. The number of hydrogen-bond donors (Lipinski definition) is 1. The van der Waals surface area contributed by atoms with Crippen LogP contribution in [0, 0.1) is 3.57 Å². The Balaban J connectivity index is 2.29. The van der Waals surface area contributed by atoms with Crippen LogP contribution in [0.2, 0.25) is 5.02 Å². The number of hydrogen-bond acceptors (Lipinski definition) is 2. The maximum Gasteiger partial charge on any atom is 0.328 e. The Bertz CT molecular complexity index is 731. The van der Waals surface area contributed by atoms with E-state index in [9.17, 15) is 4.79 Å². The van der Waals surface area contributed by atoms with E-state index in [2.05, 4.69) is 38.5 Å². The molecular weight excluding hydrogens is 482 g/mol. The molecule has 114 valence electrons. The van der Waals surface area contributed by atoms with Gasteiger partial charge in [-0.25, -0.2) is 4.79 Å². The molecule has 1 N–H and O–H groups in total. The molecule has 0 aromatic heterocycles. The molecule has 2 aromatic rings. The summed E-state index contributed by atoms with van der Waals surface area (Å²) < 4.78 is 7.60. The summed E-state index contributed by atoms with van der Waals surface area (Å²) in [5.74, 6) is -0.381. The first-order valence-electron chi connectivity index (χ1n) is 6.23. The van der Waals surface area contributed by atoms with Crippen molar-refractivity contribution in [3.8, 4) is 5.75 Å². The van der Waals surface area contributed by atoms with Crippen molar-refractivity contribution in [3.05, 3.63) is 66.7 Å². The maximum absolute atomic E-state index is 10.7. The van der Waals surface area contributed by atoms with E-state index in [1.807, 2.05) is 30.3 Å². The Morgan fingerprint density at radius 2 is 2.09 bits per heavy atom. The summed E-state index contributed by atoms with van der Waals surface area (Å²) in [6.07, 6.45) is 2.59. The van der Waals surface area contributed by atoms with E-state index in [0.717, 1.165) is 19.7 Å². The second-order valence-electron chi connectivity index (χ2n) is 4.36. The van der Waals surface area contributed by atoms with Crippen molar-refractivity contribution >= 4 is 62.2 Å². The van der Waals surface area contributed by atoms with E-state index in [1.54, 1.807) is 6.07 Å². The first-order valence-corrected chi connectivity index (χ1v) is 8.48. The van der Waals surface area contributed by atoms with Gasteiger partial charge in [0.2, 0.25) is 0 Å². The van der Waals surface area contributed by atoms with Crippen LogP contribution in [0.5, 0.6) is 5.75 Å². The van der Waals surface area contributed by atoms with Crippen LogP contribution in [-0.2, 0) is 11.4 Å². The third-order valence-corrected chi connectivity index (χ3v) is 4.40. The molecule has 6 heteroatoms. The molecule has 0 atom stereocenters. The highest BCUT2D eigenvalue weighted by Crippen LogP contribution is 2.32. The van der Waals surface area contributed by atoms with Crippen LogP contribution in [0.3, 0.4) is 0 Å². The van der Waals surface area contributed by atoms with Gasteiger partial charge in [-0.2, -0.15) is 0 Å². The zero-order valence-corrected chi connectivity index (χ0v) is 15.7. The second-order valence-corrected chi connectivity index (χ2v) is 6.84. The Labute approximate surface area is 155 Å². The molecule has 3 nitrogen and oxygen atoms in total. The smallest absolute Gasteiger partial charge is 0.328 e. The van der Waals surface area contributed by atoms with E-state index in [-0.39, 0.29) is 0 Å². The van der Waals surface area contributed by atoms with Crippen LogP contribution in [0.15, 0.2) is 46.9 Å². The fraction of sp³-hybridized carbons (Fsp3) is 0.0625. The number of rotatable bonds is 5. The normalized spacial score (nSPS) is 10.9. The Kier molecular flexibility index (Phi) is 6.28. The quantitative estimate of drug-likeness (QED) is 0.449. The minimum atomic E-state index is -1.01. The lowest BCUT2D eigenvalue weighted by Gasteiger charge is -2.13. The number of ether oxygens (including phenoxy) is 1. The zero-order valence-electron chi connectivity index (χ0n) is 11.2. The molecule has 22 heavy (non-hydrogen) atoms. The lowest BCUT2D eigenvalue weighted by molar-refractivity contribution is -0.131. The van der Waals surface area contributed by atoms with Crippen molar-refractivity contribution in [2.24, 2.45) is 0 Å². The van der Waals surface area contributed by atoms with Gasteiger partial charge in [0, 0.05) is 26.7 Å².